The van der Waals surface area contributed by atoms with E-state index in [-0.39, 0.29) is 30.5 Å². The molecule has 0 saturated heterocycles. The van der Waals surface area contributed by atoms with Crippen molar-refractivity contribution in [3.8, 4) is 0 Å². The third-order valence-corrected chi connectivity index (χ3v) is 8.01. The maximum Gasteiger partial charge on any atom is 0.305 e. The average molecular weight is 514 g/mol. The Morgan fingerprint density at radius 3 is 2.53 bits per heavy atom. The van der Waals surface area contributed by atoms with Crippen LogP contribution in [0.15, 0.2) is 22.7 Å². The number of nitrogens with zero attached hydrogens (tertiary/aromatic N) is 1. The first-order chi connectivity index (χ1) is 17.0. The van der Waals surface area contributed by atoms with Crippen molar-refractivity contribution in [1.82, 2.24) is 5.16 Å². The third-order valence-electron chi connectivity index (χ3n) is 7.66. The number of ether oxygens (including phenoxy) is 1. The van der Waals surface area contributed by atoms with Crippen molar-refractivity contribution < 1.29 is 18.8 Å². The van der Waals surface area contributed by atoms with Gasteiger partial charge in [-0.05, 0) is 79.9 Å². The van der Waals surface area contributed by atoms with Gasteiger partial charge >= 0.3 is 5.97 Å². The molecule has 1 aromatic carbocycles. The van der Waals surface area contributed by atoms with Crippen molar-refractivity contribution >= 4 is 23.4 Å². The zero-order valence-corrected chi connectivity index (χ0v) is 23.1. The van der Waals surface area contributed by atoms with Gasteiger partial charge in [0, 0.05) is 41.7 Å². The molecule has 0 aliphatic heterocycles. The van der Waals surface area contributed by atoms with Gasteiger partial charge < -0.3 is 9.26 Å². The normalized spacial score (nSPS) is 20.6. The summed E-state index contributed by atoms with van der Waals surface area (Å²) in [6.07, 6.45) is 7.12. The number of ketones is 1. The molecule has 1 aromatic heterocycles. The highest BCUT2D eigenvalue weighted by molar-refractivity contribution is 6.31. The Bertz CT molecular complexity index is 1090. The number of aryl methyl sites for hydroxylation is 1. The van der Waals surface area contributed by atoms with Crippen molar-refractivity contribution in [2.24, 2.45) is 11.3 Å². The first-order valence-electron chi connectivity index (χ1n) is 13.4. The molecule has 196 valence electrons. The molecule has 0 unspecified atom stereocenters. The molecular weight excluding hydrogens is 474 g/mol. The van der Waals surface area contributed by atoms with Crippen LogP contribution in [0.2, 0.25) is 5.02 Å². The van der Waals surface area contributed by atoms with Crippen molar-refractivity contribution in [3.63, 3.8) is 0 Å². The van der Waals surface area contributed by atoms with Gasteiger partial charge in [-0.2, -0.15) is 0 Å². The number of rotatable bonds is 11. The number of esters is 1. The van der Waals surface area contributed by atoms with E-state index in [1.807, 2.05) is 25.1 Å². The highest BCUT2D eigenvalue weighted by atomic mass is 35.5. The quantitative estimate of drug-likeness (QED) is 0.288. The Balaban J connectivity index is 1.52. The fraction of sp³-hybridized carbons (Fsp3) is 0.633. The van der Waals surface area contributed by atoms with Crippen molar-refractivity contribution in [2.45, 2.75) is 103 Å². The number of methoxy groups -OCH3 is 1. The molecule has 0 radical (unpaired) electrons. The SMILES string of the molecule is COC(=O)CC[C@@H](CC(=O)Cc1ccc(C)cc1Cl)c1onc(C2CC(CC(C)(C)C)C2)c1C1CC1. The average Bonchev–Trinajstić information content (AvgIpc) is 3.53. The Hall–Kier alpha value is -2.14. The molecule has 2 aromatic rings. The van der Waals surface area contributed by atoms with Crippen LogP contribution in [0.4, 0.5) is 0 Å². The zero-order chi connectivity index (χ0) is 26.0. The molecule has 0 amide bonds. The molecule has 0 bridgehead atoms. The summed E-state index contributed by atoms with van der Waals surface area (Å²) < 4.78 is 10.9. The molecule has 2 aliphatic rings. The minimum atomic E-state index is -0.272. The number of carbonyl (C=O) groups excluding carboxylic acids is 2. The maximum atomic E-state index is 13.2. The molecule has 6 heteroatoms. The summed E-state index contributed by atoms with van der Waals surface area (Å²) in [6.45, 7) is 8.89. The summed E-state index contributed by atoms with van der Waals surface area (Å²) in [5.74, 6) is 2.08. The third kappa shape index (κ3) is 6.79. The Morgan fingerprint density at radius 1 is 1.19 bits per heavy atom. The summed E-state index contributed by atoms with van der Waals surface area (Å²) in [5.41, 5.74) is 4.57. The molecule has 2 saturated carbocycles. The predicted octanol–water partition coefficient (Wildman–Crippen LogP) is 7.68. The summed E-state index contributed by atoms with van der Waals surface area (Å²) in [5, 5.41) is 5.21. The van der Waals surface area contributed by atoms with Gasteiger partial charge in [-0.3, -0.25) is 9.59 Å². The second-order valence-corrected chi connectivity index (χ2v) is 12.7. The highest BCUT2D eigenvalue weighted by Crippen LogP contribution is 2.53. The van der Waals surface area contributed by atoms with Crippen LogP contribution in [0, 0.1) is 18.3 Å². The fourth-order valence-corrected chi connectivity index (χ4v) is 6.06. The molecule has 1 heterocycles. The van der Waals surface area contributed by atoms with Crippen molar-refractivity contribution in [1.29, 1.82) is 0 Å². The van der Waals surface area contributed by atoms with E-state index >= 15 is 0 Å². The summed E-state index contributed by atoms with van der Waals surface area (Å²) in [6, 6.07) is 5.78. The minimum absolute atomic E-state index is 0.0872. The number of hydrogen-bond acceptors (Lipinski definition) is 5. The number of benzene rings is 1. The van der Waals surface area contributed by atoms with Gasteiger partial charge in [-0.1, -0.05) is 49.7 Å². The summed E-state index contributed by atoms with van der Waals surface area (Å²) >= 11 is 6.39. The van der Waals surface area contributed by atoms with Gasteiger partial charge in [0.2, 0.25) is 0 Å². The second-order valence-electron chi connectivity index (χ2n) is 12.2. The van der Waals surface area contributed by atoms with E-state index in [4.69, 9.17) is 20.9 Å². The van der Waals surface area contributed by atoms with Gasteiger partial charge in [-0.15, -0.1) is 0 Å². The Kier molecular flexibility index (Phi) is 8.28. The highest BCUT2D eigenvalue weighted by Gasteiger charge is 2.42. The van der Waals surface area contributed by atoms with Crippen LogP contribution in [0.5, 0.6) is 0 Å². The van der Waals surface area contributed by atoms with E-state index in [2.05, 4.69) is 25.9 Å². The lowest BCUT2D eigenvalue weighted by molar-refractivity contribution is -0.141. The monoisotopic (exact) mass is 513 g/mol. The fourth-order valence-electron chi connectivity index (χ4n) is 5.76. The summed E-state index contributed by atoms with van der Waals surface area (Å²) in [7, 11) is 1.40. The maximum absolute atomic E-state index is 13.2. The number of aromatic nitrogens is 1. The summed E-state index contributed by atoms with van der Waals surface area (Å²) in [4.78, 5) is 25.2. The van der Waals surface area contributed by atoms with Gasteiger partial charge in [0.15, 0.2) is 0 Å². The van der Waals surface area contributed by atoms with Gasteiger partial charge in [0.05, 0.1) is 12.8 Å². The zero-order valence-electron chi connectivity index (χ0n) is 22.4. The van der Waals surface area contributed by atoms with Crippen LogP contribution in [-0.4, -0.2) is 24.0 Å². The van der Waals surface area contributed by atoms with E-state index in [1.165, 1.54) is 19.1 Å². The molecular formula is C30H40ClNO4. The van der Waals surface area contributed by atoms with E-state index in [9.17, 15) is 9.59 Å². The predicted molar refractivity (Wildman–Crippen MR) is 142 cm³/mol. The minimum Gasteiger partial charge on any atom is -0.469 e. The second kappa shape index (κ2) is 11.1. The topological polar surface area (TPSA) is 69.4 Å². The lowest BCUT2D eigenvalue weighted by Gasteiger charge is -2.38. The van der Waals surface area contributed by atoms with Crippen LogP contribution in [0.1, 0.15) is 118 Å². The molecule has 36 heavy (non-hydrogen) atoms. The van der Waals surface area contributed by atoms with Gasteiger partial charge in [0.25, 0.3) is 0 Å². The van der Waals surface area contributed by atoms with E-state index in [1.54, 1.807) is 0 Å². The molecule has 1 atom stereocenters. The van der Waals surface area contributed by atoms with Gasteiger partial charge in [-0.25, -0.2) is 0 Å². The van der Waals surface area contributed by atoms with E-state index < -0.39 is 0 Å². The van der Waals surface area contributed by atoms with E-state index in [0.29, 0.717) is 35.1 Å². The van der Waals surface area contributed by atoms with Gasteiger partial charge in [0.1, 0.15) is 11.5 Å². The Morgan fingerprint density at radius 2 is 1.92 bits per heavy atom. The molecule has 2 fully saturated rings. The first-order valence-corrected chi connectivity index (χ1v) is 13.7. The van der Waals surface area contributed by atoms with Crippen LogP contribution in [-0.2, 0) is 20.7 Å². The van der Waals surface area contributed by atoms with Crippen LogP contribution in [0.3, 0.4) is 0 Å². The molecule has 0 N–H and O–H groups in total. The van der Waals surface area contributed by atoms with Crippen molar-refractivity contribution in [3.05, 3.63) is 51.4 Å². The van der Waals surface area contributed by atoms with Crippen LogP contribution >= 0.6 is 11.6 Å². The molecule has 2 aliphatic carbocycles. The molecule has 4 rings (SSSR count). The first kappa shape index (κ1) is 26.9. The Labute approximate surface area is 220 Å². The molecule has 5 nitrogen and oxygen atoms in total. The van der Waals surface area contributed by atoms with E-state index in [0.717, 1.165) is 54.2 Å². The molecule has 0 spiro atoms. The number of carbonyl (C=O) groups is 2. The smallest absolute Gasteiger partial charge is 0.305 e. The number of halogens is 1. The van der Waals surface area contributed by atoms with Crippen LogP contribution in [0.25, 0.3) is 0 Å². The lowest BCUT2D eigenvalue weighted by Crippen LogP contribution is -2.27. The lowest BCUT2D eigenvalue weighted by atomic mass is 9.66. The standard InChI is InChI=1S/C30H40ClNO4/c1-18-6-7-21(25(31)12-18)15-24(33)16-22(10-11-26(34)35-5)29-27(20-8-9-20)28(32-36-29)23-13-19(14-23)17-30(2,3)4/h6-7,12,19-20,22-23H,8-11,13-17H2,1-5H3/t19?,22-,23?/m0/s1. The number of Topliss-reactive ketones (excluding diaryl/α,β-unsaturated/α-hetero) is 1. The van der Waals surface area contributed by atoms with Crippen LogP contribution < -0.4 is 0 Å². The largest absolute Gasteiger partial charge is 0.469 e. The van der Waals surface area contributed by atoms with Crippen molar-refractivity contribution in [2.75, 3.05) is 7.11 Å². The number of hydrogen-bond donors (Lipinski definition) is 0.